The van der Waals surface area contributed by atoms with Gasteiger partial charge in [0.15, 0.2) is 11.6 Å². The van der Waals surface area contributed by atoms with Crippen LogP contribution in [0.1, 0.15) is 25.3 Å². The highest BCUT2D eigenvalue weighted by atomic mass is 15.2. The van der Waals surface area contributed by atoms with Crippen molar-refractivity contribution in [3.05, 3.63) is 194 Å². The van der Waals surface area contributed by atoms with E-state index in [9.17, 15) is 0 Å². The molecule has 0 saturated carbocycles. The van der Waals surface area contributed by atoms with Crippen molar-refractivity contribution >= 4 is 65.4 Å². The lowest BCUT2D eigenvalue weighted by molar-refractivity contribution is 0.796. The van der Waals surface area contributed by atoms with Gasteiger partial charge in [-0.15, -0.1) is 0 Å². The number of benzene rings is 8. The predicted molar refractivity (Wildman–Crippen MR) is 252 cm³/mol. The van der Waals surface area contributed by atoms with E-state index in [0.29, 0.717) is 17.6 Å². The Bertz CT molecular complexity index is 3630. The Labute approximate surface area is 352 Å². The summed E-state index contributed by atoms with van der Waals surface area (Å²) >= 11 is 0. The van der Waals surface area contributed by atoms with E-state index >= 15 is 0 Å². The van der Waals surface area contributed by atoms with Gasteiger partial charge in [-0.1, -0.05) is 147 Å². The highest BCUT2D eigenvalue weighted by molar-refractivity contribution is 6.23. The molecule has 61 heavy (non-hydrogen) atoms. The van der Waals surface area contributed by atoms with Crippen molar-refractivity contribution in [2.24, 2.45) is 0 Å². The molecule has 0 bridgehead atoms. The molecule has 0 aliphatic rings. The van der Waals surface area contributed by atoms with E-state index in [1.54, 1.807) is 0 Å². The van der Waals surface area contributed by atoms with Crippen molar-refractivity contribution in [3.63, 3.8) is 0 Å². The first-order valence-corrected chi connectivity index (χ1v) is 21.2. The fourth-order valence-corrected chi connectivity index (χ4v) is 9.48. The number of hydrogen-bond donors (Lipinski definition) is 0. The summed E-state index contributed by atoms with van der Waals surface area (Å²) in [6.07, 6.45) is 3.44. The summed E-state index contributed by atoms with van der Waals surface area (Å²) in [5.74, 6) is 1.79. The molecule has 4 heterocycles. The zero-order chi connectivity index (χ0) is 40.4. The fraction of sp³-hybridized carbons (Fsp3) is 0.0727. The highest BCUT2D eigenvalue weighted by Crippen LogP contribution is 2.42. The number of fused-ring (bicyclic) bond motifs is 10. The van der Waals surface area contributed by atoms with Crippen LogP contribution in [-0.4, -0.2) is 28.7 Å². The average Bonchev–Trinajstić information content (AvgIpc) is 3.97. The van der Waals surface area contributed by atoms with E-state index in [2.05, 4.69) is 190 Å². The van der Waals surface area contributed by atoms with Gasteiger partial charge in [-0.3, -0.25) is 4.57 Å². The molecule has 8 aromatic carbocycles. The summed E-state index contributed by atoms with van der Waals surface area (Å²) in [6.45, 7) is 2.25. The van der Waals surface area contributed by atoms with Crippen LogP contribution in [0.3, 0.4) is 0 Å². The average molecular weight is 785 g/mol. The van der Waals surface area contributed by atoms with Gasteiger partial charge in [-0.05, 0) is 73.0 Å². The summed E-state index contributed by atoms with van der Waals surface area (Å²) < 4.78 is 7.03. The molecule has 12 rings (SSSR count). The second-order valence-electron chi connectivity index (χ2n) is 15.9. The number of unbranched alkanes of at least 4 members (excludes halogenated alkanes) is 1. The SMILES string of the molecule is CCCCc1ccc2c(c1)c1ccccc1n2-c1cccc(-c2nc(-c3ccccc3)nc(-n3c4ccccc4c4ccc5c6ccccc6n(-c6ccccc6)c5c43)n2)c1. The summed E-state index contributed by atoms with van der Waals surface area (Å²) in [7, 11) is 0. The summed E-state index contributed by atoms with van der Waals surface area (Å²) in [5, 5.41) is 7.16. The number of rotatable bonds is 8. The van der Waals surface area contributed by atoms with Crippen molar-refractivity contribution in [3.8, 4) is 40.1 Å². The molecule has 0 fully saturated rings. The van der Waals surface area contributed by atoms with Crippen LogP contribution < -0.4 is 0 Å². The summed E-state index contributed by atoms with van der Waals surface area (Å²) in [6, 6.07) is 67.1. The Morgan fingerprint density at radius 3 is 1.59 bits per heavy atom. The Kier molecular flexibility index (Phi) is 8.17. The third-order valence-electron chi connectivity index (χ3n) is 12.3. The number of aromatic nitrogens is 6. The monoisotopic (exact) mass is 784 g/mol. The van der Waals surface area contributed by atoms with Crippen LogP contribution in [0.25, 0.3) is 106 Å². The number of aryl methyl sites for hydroxylation is 1. The van der Waals surface area contributed by atoms with Gasteiger partial charge in [0.2, 0.25) is 5.95 Å². The molecule has 0 radical (unpaired) electrons. The first-order chi connectivity index (χ1) is 30.2. The third-order valence-corrected chi connectivity index (χ3v) is 12.3. The molecule has 290 valence electrons. The minimum atomic E-state index is 0.564. The Balaban J connectivity index is 1.13. The standard InChI is InChI=1S/C55H40N6/c1-2-3-17-36-30-33-50-46(34-36)43-26-12-13-27-47(43)59(50)40-23-16-20-38(35-40)54-56-53(37-18-6-4-7-19-37)57-55(58-54)61-49-29-15-11-25-42(49)45-32-31-44-41-24-10-14-28-48(41)60(51(44)52(45)61)39-21-8-5-9-22-39/h4-16,18-35H,2-3,17H2,1H3. The van der Waals surface area contributed by atoms with Gasteiger partial charge in [0.1, 0.15) is 0 Å². The molecule has 0 N–H and O–H groups in total. The van der Waals surface area contributed by atoms with E-state index in [4.69, 9.17) is 15.0 Å². The zero-order valence-corrected chi connectivity index (χ0v) is 33.7. The second-order valence-corrected chi connectivity index (χ2v) is 15.9. The van der Waals surface area contributed by atoms with Crippen LogP contribution in [0.15, 0.2) is 188 Å². The van der Waals surface area contributed by atoms with Gasteiger partial charge in [0.25, 0.3) is 0 Å². The van der Waals surface area contributed by atoms with Crippen LogP contribution in [-0.2, 0) is 6.42 Å². The largest absolute Gasteiger partial charge is 0.309 e. The topological polar surface area (TPSA) is 53.5 Å². The van der Waals surface area contributed by atoms with Gasteiger partial charge in [-0.25, -0.2) is 4.98 Å². The molecule has 0 unspecified atom stereocenters. The minimum Gasteiger partial charge on any atom is -0.309 e. The van der Waals surface area contributed by atoms with Gasteiger partial charge in [-0.2, -0.15) is 9.97 Å². The lowest BCUT2D eigenvalue weighted by Gasteiger charge is -2.14. The quantitative estimate of drug-likeness (QED) is 0.154. The molecule has 0 saturated heterocycles. The van der Waals surface area contributed by atoms with Crippen LogP contribution in [0.4, 0.5) is 0 Å². The maximum atomic E-state index is 5.44. The normalized spacial score (nSPS) is 11.9. The maximum Gasteiger partial charge on any atom is 0.238 e. The van der Waals surface area contributed by atoms with Crippen molar-refractivity contribution in [1.82, 2.24) is 28.7 Å². The number of para-hydroxylation sites is 4. The Hall–Kier alpha value is -7.83. The fourth-order valence-electron chi connectivity index (χ4n) is 9.48. The molecule has 0 aliphatic heterocycles. The predicted octanol–water partition coefficient (Wildman–Crippen LogP) is 13.8. The van der Waals surface area contributed by atoms with E-state index in [1.165, 1.54) is 51.0 Å². The van der Waals surface area contributed by atoms with Gasteiger partial charge >= 0.3 is 0 Å². The van der Waals surface area contributed by atoms with Crippen molar-refractivity contribution in [2.45, 2.75) is 26.2 Å². The molecule has 6 nitrogen and oxygen atoms in total. The zero-order valence-electron chi connectivity index (χ0n) is 33.7. The molecular formula is C55H40N6. The van der Waals surface area contributed by atoms with Crippen molar-refractivity contribution in [2.75, 3.05) is 0 Å². The number of hydrogen-bond acceptors (Lipinski definition) is 3. The first kappa shape index (κ1) is 35.1. The molecule has 4 aromatic heterocycles. The van der Waals surface area contributed by atoms with Gasteiger partial charge in [0.05, 0.1) is 33.1 Å². The Morgan fingerprint density at radius 2 is 0.902 bits per heavy atom. The third kappa shape index (κ3) is 5.60. The summed E-state index contributed by atoms with van der Waals surface area (Å²) in [4.78, 5) is 16.0. The molecule has 12 aromatic rings. The molecule has 0 aliphatic carbocycles. The summed E-state index contributed by atoms with van der Waals surface area (Å²) in [5.41, 5.74) is 12.1. The molecular weight excluding hydrogens is 745 g/mol. The van der Waals surface area contributed by atoms with Crippen LogP contribution >= 0.6 is 0 Å². The highest BCUT2D eigenvalue weighted by Gasteiger charge is 2.24. The first-order valence-electron chi connectivity index (χ1n) is 21.2. The van der Waals surface area contributed by atoms with Crippen molar-refractivity contribution in [1.29, 1.82) is 0 Å². The molecule has 0 spiro atoms. The van der Waals surface area contributed by atoms with Crippen LogP contribution in [0, 0.1) is 0 Å². The number of nitrogens with zero attached hydrogens (tertiary/aromatic N) is 6. The van der Waals surface area contributed by atoms with Crippen LogP contribution in [0.2, 0.25) is 0 Å². The van der Waals surface area contributed by atoms with E-state index < -0.39 is 0 Å². The molecule has 6 heteroatoms. The Morgan fingerprint density at radius 1 is 0.377 bits per heavy atom. The molecule has 0 amide bonds. The van der Waals surface area contributed by atoms with E-state index in [-0.39, 0.29) is 0 Å². The van der Waals surface area contributed by atoms with Gasteiger partial charge < -0.3 is 9.13 Å². The molecule has 0 atom stereocenters. The van der Waals surface area contributed by atoms with Crippen LogP contribution in [0.5, 0.6) is 0 Å². The maximum absolute atomic E-state index is 5.44. The second kappa shape index (κ2) is 14.2. The lowest BCUT2D eigenvalue weighted by atomic mass is 10.0. The van der Waals surface area contributed by atoms with Gasteiger partial charge in [0, 0.05) is 54.8 Å². The van der Waals surface area contributed by atoms with E-state index in [1.807, 2.05) is 18.2 Å². The minimum absolute atomic E-state index is 0.564. The smallest absolute Gasteiger partial charge is 0.238 e. The van der Waals surface area contributed by atoms with Crippen molar-refractivity contribution < 1.29 is 0 Å². The lowest BCUT2D eigenvalue weighted by Crippen LogP contribution is -2.07. The van der Waals surface area contributed by atoms with E-state index in [0.717, 1.165) is 61.8 Å².